The second-order valence-electron chi connectivity index (χ2n) is 3.49. The minimum absolute atomic E-state index is 0.775. The first-order valence-electron chi connectivity index (χ1n) is 5.02. The SMILES string of the molecule is COC(=O)c1c(F)c(F)c(OC(=O)C(C)Br)c(F)c1F. The van der Waals surface area contributed by atoms with Crippen molar-refractivity contribution in [2.75, 3.05) is 7.11 Å². The Labute approximate surface area is 118 Å². The summed E-state index contributed by atoms with van der Waals surface area (Å²) in [6.45, 7) is 1.27. The minimum Gasteiger partial charge on any atom is -0.465 e. The average Bonchev–Trinajstić information content (AvgIpc) is 2.40. The number of carbonyl (C=O) groups is 2. The van der Waals surface area contributed by atoms with Gasteiger partial charge in [-0.15, -0.1) is 0 Å². The Bertz CT molecular complexity index is 545. The zero-order chi connectivity index (χ0) is 15.6. The fourth-order valence-electron chi connectivity index (χ4n) is 1.16. The molecule has 1 atom stereocenters. The molecule has 0 radical (unpaired) electrons. The number of hydrogen-bond donors (Lipinski definition) is 0. The second-order valence-corrected chi connectivity index (χ2v) is 4.86. The van der Waals surface area contributed by atoms with Crippen molar-refractivity contribution in [3.05, 3.63) is 28.8 Å². The highest BCUT2D eigenvalue weighted by molar-refractivity contribution is 9.10. The molecule has 0 aliphatic carbocycles. The van der Waals surface area contributed by atoms with E-state index in [4.69, 9.17) is 0 Å². The van der Waals surface area contributed by atoms with Crippen molar-refractivity contribution in [3.63, 3.8) is 0 Å². The summed E-state index contributed by atoms with van der Waals surface area (Å²) in [6, 6.07) is 0. The maximum absolute atomic E-state index is 13.5. The van der Waals surface area contributed by atoms with Gasteiger partial charge >= 0.3 is 11.9 Å². The van der Waals surface area contributed by atoms with E-state index in [2.05, 4.69) is 25.4 Å². The Morgan fingerprint density at radius 2 is 1.50 bits per heavy atom. The number of carbonyl (C=O) groups excluding carboxylic acids is 2. The van der Waals surface area contributed by atoms with Gasteiger partial charge in [-0.3, -0.25) is 4.79 Å². The third-order valence-corrected chi connectivity index (χ3v) is 2.51. The van der Waals surface area contributed by atoms with Gasteiger partial charge in [0.05, 0.1) is 7.11 Å². The van der Waals surface area contributed by atoms with E-state index in [1.165, 1.54) is 6.92 Å². The molecule has 0 saturated heterocycles. The number of esters is 2. The summed E-state index contributed by atoms with van der Waals surface area (Å²) in [5.41, 5.74) is -1.55. The largest absolute Gasteiger partial charge is 0.465 e. The molecule has 0 N–H and O–H groups in total. The molecule has 0 aromatic heterocycles. The van der Waals surface area contributed by atoms with Crippen LogP contribution in [0.4, 0.5) is 17.6 Å². The van der Waals surface area contributed by atoms with Crippen LogP contribution in [-0.2, 0) is 9.53 Å². The van der Waals surface area contributed by atoms with Crippen LogP contribution in [0.2, 0.25) is 0 Å². The lowest BCUT2D eigenvalue weighted by Crippen LogP contribution is -2.21. The van der Waals surface area contributed by atoms with E-state index in [9.17, 15) is 27.2 Å². The molecule has 4 nitrogen and oxygen atoms in total. The minimum atomic E-state index is -2.01. The Balaban J connectivity index is 3.44. The molecule has 110 valence electrons. The Hall–Kier alpha value is -1.64. The highest BCUT2D eigenvalue weighted by Crippen LogP contribution is 2.31. The number of methoxy groups -OCH3 is 1. The van der Waals surface area contributed by atoms with E-state index in [-0.39, 0.29) is 0 Å². The molecule has 0 aliphatic rings. The maximum atomic E-state index is 13.5. The number of alkyl halides is 1. The van der Waals surface area contributed by atoms with Crippen LogP contribution in [0.25, 0.3) is 0 Å². The Morgan fingerprint density at radius 1 is 1.05 bits per heavy atom. The van der Waals surface area contributed by atoms with Gasteiger partial charge in [0.15, 0.2) is 11.6 Å². The summed E-state index contributed by atoms with van der Waals surface area (Å²) in [7, 11) is 0.775. The first kappa shape index (κ1) is 16.4. The lowest BCUT2D eigenvalue weighted by atomic mass is 10.1. The van der Waals surface area contributed by atoms with Crippen molar-refractivity contribution in [1.82, 2.24) is 0 Å². The van der Waals surface area contributed by atoms with Gasteiger partial charge in [0, 0.05) is 0 Å². The topological polar surface area (TPSA) is 52.6 Å². The van der Waals surface area contributed by atoms with Crippen LogP contribution >= 0.6 is 15.9 Å². The first-order chi connectivity index (χ1) is 9.22. The fraction of sp³-hybridized carbons (Fsp3) is 0.273. The smallest absolute Gasteiger partial charge is 0.344 e. The lowest BCUT2D eigenvalue weighted by molar-refractivity contribution is -0.133. The molecule has 20 heavy (non-hydrogen) atoms. The first-order valence-corrected chi connectivity index (χ1v) is 5.93. The van der Waals surface area contributed by atoms with Gasteiger partial charge < -0.3 is 9.47 Å². The van der Waals surface area contributed by atoms with Crippen molar-refractivity contribution in [3.8, 4) is 5.75 Å². The van der Waals surface area contributed by atoms with Crippen molar-refractivity contribution in [2.45, 2.75) is 11.8 Å². The normalized spacial score (nSPS) is 11.9. The van der Waals surface area contributed by atoms with Gasteiger partial charge in [-0.1, -0.05) is 15.9 Å². The number of benzene rings is 1. The molecule has 0 bridgehead atoms. The van der Waals surface area contributed by atoms with Crippen LogP contribution in [0.15, 0.2) is 0 Å². The van der Waals surface area contributed by atoms with Crippen LogP contribution in [0.3, 0.4) is 0 Å². The Kier molecular flexibility index (Phi) is 5.09. The van der Waals surface area contributed by atoms with Crippen LogP contribution in [0.1, 0.15) is 17.3 Å². The van der Waals surface area contributed by atoms with Crippen LogP contribution in [0, 0.1) is 23.3 Å². The zero-order valence-corrected chi connectivity index (χ0v) is 11.7. The number of ether oxygens (including phenoxy) is 2. The number of halogens is 5. The molecule has 0 aliphatic heterocycles. The summed E-state index contributed by atoms with van der Waals surface area (Å²) in [6.07, 6.45) is 0. The molecule has 0 spiro atoms. The predicted octanol–water partition coefficient (Wildman–Crippen LogP) is 2.72. The maximum Gasteiger partial charge on any atom is 0.344 e. The van der Waals surface area contributed by atoms with Gasteiger partial charge in [-0.2, -0.15) is 8.78 Å². The van der Waals surface area contributed by atoms with Crippen molar-refractivity contribution >= 4 is 27.9 Å². The second kappa shape index (κ2) is 6.21. The van der Waals surface area contributed by atoms with Crippen LogP contribution in [-0.4, -0.2) is 23.9 Å². The van der Waals surface area contributed by atoms with Gasteiger partial charge in [-0.25, -0.2) is 13.6 Å². The van der Waals surface area contributed by atoms with E-state index in [0.717, 1.165) is 7.11 Å². The molecule has 0 heterocycles. The highest BCUT2D eigenvalue weighted by atomic mass is 79.9. The van der Waals surface area contributed by atoms with Crippen molar-refractivity contribution < 1.29 is 36.6 Å². The third-order valence-electron chi connectivity index (χ3n) is 2.14. The average molecular weight is 359 g/mol. The molecule has 1 aromatic carbocycles. The van der Waals surface area contributed by atoms with Crippen LogP contribution in [0.5, 0.6) is 5.75 Å². The fourth-order valence-corrected chi connectivity index (χ4v) is 1.26. The Morgan fingerprint density at radius 3 is 1.85 bits per heavy atom. The van der Waals surface area contributed by atoms with E-state index in [1.807, 2.05) is 0 Å². The molecule has 1 rings (SSSR count). The molecule has 0 fully saturated rings. The zero-order valence-electron chi connectivity index (χ0n) is 10.1. The monoisotopic (exact) mass is 358 g/mol. The molecule has 0 amide bonds. The molecule has 9 heteroatoms. The highest BCUT2D eigenvalue weighted by Gasteiger charge is 2.32. The lowest BCUT2D eigenvalue weighted by Gasteiger charge is -2.11. The summed E-state index contributed by atoms with van der Waals surface area (Å²) in [5, 5.41) is 0. The van der Waals surface area contributed by atoms with E-state index in [1.54, 1.807) is 0 Å². The summed E-state index contributed by atoms with van der Waals surface area (Å²) >= 11 is 2.75. The van der Waals surface area contributed by atoms with E-state index < -0.39 is 51.3 Å². The van der Waals surface area contributed by atoms with Crippen LogP contribution < -0.4 is 4.74 Å². The summed E-state index contributed by atoms with van der Waals surface area (Å²) in [5.74, 6) is -12.4. The van der Waals surface area contributed by atoms with E-state index >= 15 is 0 Å². The summed E-state index contributed by atoms with van der Waals surface area (Å²) in [4.78, 5) is 21.3. The van der Waals surface area contributed by atoms with Gasteiger partial charge in [0.25, 0.3) is 0 Å². The standard InChI is InChI=1S/C11H7BrF4O4/c1-3(12)10(17)20-9-7(15)5(13)4(11(18)19-2)6(14)8(9)16/h3H,1-2H3. The van der Waals surface area contributed by atoms with Gasteiger partial charge in [0.2, 0.25) is 17.4 Å². The van der Waals surface area contributed by atoms with Gasteiger partial charge in [0.1, 0.15) is 10.4 Å². The van der Waals surface area contributed by atoms with Crippen molar-refractivity contribution in [1.29, 1.82) is 0 Å². The van der Waals surface area contributed by atoms with Crippen molar-refractivity contribution in [2.24, 2.45) is 0 Å². The molecule has 1 aromatic rings. The summed E-state index contributed by atoms with van der Waals surface area (Å²) < 4.78 is 62.3. The number of rotatable bonds is 3. The molecular formula is C11H7BrF4O4. The number of hydrogen-bond acceptors (Lipinski definition) is 4. The van der Waals surface area contributed by atoms with E-state index in [0.29, 0.717) is 0 Å². The van der Waals surface area contributed by atoms with Gasteiger partial charge in [-0.05, 0) is 6.92 Å². The molecule has 1 unspecified atom stereocenters. The predicted molar refractivity (Wildman–Crippen MR) is 61.6 cm³/mol. The molecular weight excluding hydrogens is 352 g/mol. The third kappa shape index (κ3) is 2.92. The quantitative estimate of drug-likeness (QED) is 0.274. The molecule has 0 saturated carbocycles.